The smallest absolute Gasteiger partial charge is 0.340 e. The van der Waals surface area contributed by atoms with Crippen LogP contribution in [0.1, 0.15) is 135 Å². The van der Waals surface area contributed by atoms with Crippen molar-refractivity contribution in [2.24, 2.45) is 35.5 Å². The lowest BCUT2D eigenvalue weighted by Gasteiger charge is -2.44. The molecule has 14 heteroatoms. The molecule has 4 aliphatic rings. The van der Waals surface area contributed by atoms with E-state index in [1.54, 1.807) is 41.5 Å². The Labute approximate surface area is 373 Å². The van der Waals surface area contributed by atoms with Crippen LogP contribution in [0.2, 0.25) is 0 Å². The number of carbonyl (C=O) groups is 3. The number of aldehydes is 1. The van der Waals surface area contributed by atoms with Crippen molar-refractivity contribution in [3.63, 3.8) is 0 Å². The molecule has 0 aliphatic carbocycles. The molecule has 62 heavy (non-hydrogen) atoms. The molecule has 0 aromatic rings. The Kier molecular flexibility index (Phi) is 20.0. The maximum atomic E-state index is 12.3. The van der Waals surface area contributed by atoms with E-state index in [-0.39, 0.29) is 91.0 Å². The fraction of sp³-hybridized carbons (Fsp3) is 0.854. The number of cyclic esters (lactones) is 2. The van der Waals surface area contributed by atoms with Crippen molar-refractivity contribution in [1.29, 1.82) is 0 Å². The van der Waals surface area contributed by atoms with E-state index in [9.17, 15) is 19.5 Å². The molecule has 14 atom stereocenters. The van der Waals surface area contributed by atoms with Gasteiger partial charge in [-0.3, -0.25) is 0 Å². The lowest BCUT2D eigenvalue weighted by molar-refractivity contribution is -0.257. The minimum atomic E-state index is -1.02. The molecule has 4 aliphatic heterocycles. The summed E-state index contributed by atoms with van der Waals surface area (Å²) >= 11 is 0. The Morgan fingerprint density at radius 2 is 1.05 bits per heavy atom. The van der Waals surface area contributed by atoms with Gasteiger partial charge < -0.3 is 57.6 Å². The third kappa shape index (κ3) is 15.3. The van der Waals surface area contributed by atoms with Crippen molar-refractivity contribution in [3.8, 4) is 0 Å². The third-order valence-electron chi connectivity index (χ3n) is 12.9. The van der Waals surface area contributed by atoms with Crippen molar-refractivity contribution in [2.75, 3.05) is 34.8 Å². The van der Waals surface area contributed by atoms with Crippen LogP contribution in [0.3, 0.4) is 0 Å². The highest BCUT2D eigenvalue weighted by atomic mass is 16.7. The zero-order valence-corrected chi connectivity index (χ0v) is 41.4. The molecular weight excluding hydrogens is 797 g/mol. The molecular formula is C48H84N2O12. The maximum Gasteiger partial charge on any atom is 0.340 e. The fourth-order valence-corrected chi connectivity index (χ4v) is 9.10. The highest BCUT2D eigenvalue weighted by molar-refractivity contribution is 5.89. The number of nitrogens with zero attached hydrogens (tertiary/aromatic N) is 2. The highest BCUT2D eigenvalue weighted by Crippen LogP contribution is 2.38. The van der Waals surface area contributed by atoms with E-state index in [0.717, 1.165) is 25.5 Å². The summed E-state index contributed by atoms with van der Waals surface area (Å²) < 4.78 is 48.3. The van der Waals surface area contributed by atoms with E-state index in [2.05, 4.69) is 79.5 Å². The Hall–Kier alpha value is -2.59. The second-order valence-corrected chi connectivity index (χ2v) is 20.3. The molecule has 0 saturated carbocycles. The number of esters is 2. The summed E-state index contributed by atoms with van der Waals surface area (Å²) in [6.45, 7) is 27.1. The predicted octanol–water partition coefficient (Wildman–Crippen LogP) is 7.61. The van der Waals surface area contributed by atoms with Crippen molar-refractivity contribution in [1.82, 2.24) is 9.80 Å². The molecule has 0 amide bonds. The van der Waals surface area contributed by atoms with E-state index in [1.807, 2.05) is 13.8 Å². The number of carbonyl (C=O) groups excluding carboxylic acids is 3. The van der Waals surface area contributed by atoms with Gasteiger partial charge in [-0.25, -0.2) is 9.59 Å². The Morgan fingerprint density at radius 1 is 0.677 bits per heavy atom. The largest absolute Gasteiger partial charge is 0.457 e. The summed E-state index contributed by atoms with van der Waals surface area (Å²) in [5, 5.41) is 9.56. The molecule has 0 radical (unpaired) electrons. The number of aliphatic hydroxyl groups is 1. The van der Waals surface area contributed by atoms with E-state index in [0.29, 0.717) is 54.0 Å². The van der Waals surface area contributed by atoms with E-state index in [4.69, 9.17) is 37.9 Å². The minimum Gasteiger partial charge on any atom is -0.457 e. The van der Waals surface area contributed by atoms with Crippen LogP contribution in [0, 0.1) is 35.5 Å². The Bertz CT molecular complexity index is 1540. The van der Waals surface area contributed by atoms with Crippen molar-refractivity contribution in [3.05, 3.63) is 22.7 Å². The minimum absolute atomic E-state index is 0.0657. The molecule has 14 nitrogen and oxygen atoms in total. The third-order valence-corrected chi connectivity index (χ3v) is 12.9. The van der Waals surface area contributed by atoms with Gasteiger partial charge in [0.1, 0.15) is 17.8 Å². The van der Waals surface area contributed by atoms with Crippen LogP contribution in [0.4, 0.5) is 0 Å². The van der Waals surface area contributed by atoms with Gasteiger partial charge in [-0.1, -0.05) is 41.5 Å². The number of hydrogen-bond acceptors (Lipinski definition) is 14. The van der Waals surface area contributed by atoms with Crippen LogP contribution in [0.25, 0.3) is 0 Å². The average molecular weight is 881 g/mol. The van der Waals surface area contributed by atoms with Crippen LogP contribution >= 0.6 is 0 Å². The number of hydrogen-bond donors (Lipinski definition) is 1. The molecule has 0 spiro atoms. The topological polar surface area (TPSA) is 152 Å². The summed E-state index contributed by atoms with van der Waals surface area (Å²) in [6, 6.07) is 0.710. The molecule has 0 aromatic carbocycles. The zero-order chi connectivity index (χ0) is 47.0. The zero-order valence-electron chi connectivity index (χ0n) is 41.4. The van der Waals surface area contributed by atoms with Gasteiger partial charge in [0.2, 0.25) is 11.6 Å². The summed E-state index contributed by atoms with van der Waals surface area (Å²) in [7, 11) is 8.35. The summed E-state index contributed by atoms with van der Waals surface area (Å²) in [5.41, 5.74) is 0.938. The first-order valence-corrected chi connectivity index (χ1v) is 22.9. The van der Waals surface area contributed by atoms with Gasteiger partial charge in [-0.05, 0) is 99.3 Å². The van der Waals surface area contributed by atoms with Gasteiger partial charge >= 0.3 is 11.9 Å². The van der Waals surface area contributed by atoms with Gasteiger partial charge in [-0.15, -0.1) is 0 Å². The normalized spacial score (nSPS) is 31.7. The van der Waals surface area contributed by atoms with Crippen LogP contribution in [0.15, 0.2) is 22.7 Å². The van der Waals surface area contributed by atoms with Crippen LogP contribution < -0.4 is 0 Å². The van der Waals surface area contributed by atoms with E-state index >= 15 is 0 Å². The first kappa shape index (κ1) is 53.7. The quantitative estimate of drug-likeness (QED) is 0.106. The first-order valence-electron chi connectivity index (χ1n) is 22.9. The highest BCUT2D eigenvalue weighted by Gasteiger charge is 2.43. The molecule has 4 heterocycles. The van der Waals surface area contributed by atoms with Crippen LogP contribution in [0.5, 0.6) is 0 Å². The Morgan fingerprint density at radius 3 is 1.39 bits per heavy atom. The van der Waals surface area contributed by atoms with Crippen molar-refractivity contribution in [2.45, 2.75) is 196 Å². The second-order valence-electron chi connectivity index (χ2n) is 20.3. The lowest BCUT2D eigenvalue weighted by Crippen LogP contribution is -2.50. The summed E-state index contributed by atoms with van der Waals surface area (Å²) in [6.07, 6.45) is 4.21. The van der Waals surface area contributed by atoms with E-state index in [1.165, 1.54) is 0 Å². The van der Waals surface area contributed by atoms with E-state index < -0.39 is 11.6 Å². The van der Waals surface area contributed by atoms with Crippen molar-refractivity contribution < 1.29 is 57.4 Å². The summed E-state index contributed by atoms with van der Waals surface area (Å²) in [5.74, 6) is -0.917. The monoisotopic (exact) mass is 881 g/mol. The molecule has 358 valence electrons. The average Bonchev–Trinajstić information content (AvgIpc) is 3.16. The van der Waals surface area contributed by atoms with Gasteiger partial charge in [0.05, 0.1) is 35.6 Å². The number of ether oxygens (including phenoxy) is 8. The van der Waals surface area contributed by atoms with Gasteiger partial charge in [0, 0.05) is 77.0 Å². The summed E-state index contributed by atoms with van der Waals surface area (Å²) in [4.78, 5) is 40.4. The van der Waals surface area contributed by atoms with Gasteiger partial charge in [0.25, 0.3) is 0 Å². The first-order chi connectivity index (χ1) is 28.7. The Balaban J connectivity index is 0.000000330. The number of aliphatic hydroxyl groups excluding tert-OH is 1. The fourth-order valence-electron chi connectivity index (χ4n) is 9.10. The molecule has 0 bridgehead atoms. The maximum absolute atomic E-state index is 12.3. The standard InChI is InChI=1S/C24H43NO6.C24H41NO6/c2*1-14(13-26)10-15(2)20(12-21-18(5)22(27)31-24(6,7)30-21)29-23-17(4)19(25(8)9)11-16(3)28-23/h14-17,19-20,23,26H,10-13H2,1-9H3;13-17,19-20,23H,10-12H2,1-9H3/t2*14-,15+,16-,17-,19?,20-,23+/m11/s1. The second kappa shape index (κ2) is 23.0. The molecule has 1 N–H and O–H groups in total. The van der Waals surface area contributed by atoms with Gasteiger partial charge in [0.15, 0.2) is 12.6 Å². The van der Waals surface area contributed by atoms with Crippen LogP contribution in [-0.4, -0.2) is 129 Å². The molecule has 2 unspecified atom stereocenters. The molecule has 4 rings (SSSR count). The SMILES string of the molecule is CC1=C(C[C@@H](O[C@@H]2O[C@H](C)CC(N(C)C)[C@H]2C)[C@@H](C)C[C@@H](C)C=O)OC(C)(C)OC1=O.CC1=C(C[C@@H](O[C@@H]2O[C@H](C)CC(N(C)C)[C@H]2C)[C@@H](C)C[C@@H](C)CO)OC(C)(C)OC1=O. The van der Waals surface area contributed by atoms with Gasteiger partial charge in [-0.2, -0.15) is 0 Å². The van der Waals surface area contributed by atoms with Crippen molar-refractivity contribution >= 4 is 18.2 Å². The predicted molar refractivity (Wildman–Crippen MR) is 237 cm³/mol. The van der Waals surface area contributed by atoms with Crippen LogP contribution in [-0.2, 0) is 52.3 Å². The molecule has 0 aromatic heterocycles. The lowest BCUT2D eigenvalue weighted by atomic mass is 9.89. The molecule has 2 saturated heterocycles. The molecule has 2 fully saturated rings. The number of rotatable bonds is 18.